The van der Waals surface area contributed by atoms with Crippen LogP contribution >= 0.6 is 0 Å². The van der Waals surface area contributed by atoms with Crippen molar-refractivity contribution in [2.24, 2.45) is 0 Å². The molecule has 0 aromatic heterocycles. The highest BCUT2D eigenvalue weighted by Gasteiger charge is 2.33. The summed E-state index contributed by atoms with van der Waals surface area (Å²) in [5.74, 6) is 0. The molecule has 1 aromatic carbocycles. The number of rotatable bonds is 2. The Morgan fingerprint density at radius 1 is 1.19 bits per heavy atom. The van der Waals surface area contributed by atoms with Gasteiger partial charge in [-0.15, -0.1) is 0 Å². The predicted molar refractivity (Wildman–Crippen MR) is 85.7 cm³/mol. The lowest BCUT2D eigenvalue weighted by atomic mass is 9.89. The fourth-order valence-electron chi connectivity index (χ4n) is 4.23. The Kier molecular flexibility index (Phi) is 3.87. The van der Waals surface area contributed by atoms with E-state index in [-0.39, 0.29) is 0 Å². The van der Waals surface area contributed by atoms with Crippen molar-refractivity contribution in [3.05, 3.63) is 29.3 Å². The van der Waals surface area contributed by atoms with E-state index in [1.54, 1.807) is 0 Å². The van der Waals surface area contributed by atoms with Crippen molar-refractivity contribution in [3.8, 4) is 0 Å². The number of ether oxygens (including phenoxy) is 1. The average Bonchev–Trinajstić information content (AvgIpc) is 2.55. The number of anilines is 1. The maximum atomic E-state index is 5.99. The van der Waals surface area contributed by atoms with Crippen molar-refractivity contribution in [2.45, 2.75) is 57.2 Å². The van der Waals surface area contributed by atoms with Gasteiger partial charge in [0.2, 0.25) is 0 Å². The number of nitrogens with one attached hydrogen (secondary N) is 1. The molecule has 21 heavy (non-hydrogen) atoms. The van der Waals surface area contributed by atoms with Crippen molar-refractivity contribution in [1.82, 2.24) is 4.90 Å². The van der Waals surface area contributed by atoms with Gasteiger partial charge in [0.1, 0.15) is 0 Å². The van der Waals surface area contributed by atoms with Crippen LogP contribution in [-0.2, 0) is 17.7 Å². The Bertz CT molecular complexity index is 500. The SMILES string of the molecule is c1cc2c(cc1CN1CCOC3CCCCC31)CCCN2. The van der Waals surface area contributed by atoms with Gasteiger partial charge in [-0.2, -0.15) is 0 Å². The first-order valence-electron chi connectivity index (χ1n) is 8.61. The van der Waals surface area contributed by atoms with Crippen LogP contribution in [-0.4, -0.2) is 36.7 Å². The molecule has 114 valence electrons. The first-order valence-corrected chi connectivity index (χ1v) is 8.61. The molecular formula is C18H26N2O. The Labute approximate surface area is 127 Å². The van der Waals surface area contributed by atoms with Crippen LogP contribution in [0.2, 0.25) is 0 Å². The van der Waals surface area contributed by atoms with Gasteiger partial charge in [0, 0.05) is 31.4 Å². The molecule has 3 heteroatoms. The van der Waals surface area contributed by atoms with Crippen molar-refractivity contribution in [1.29, 1.82) is 0 Å². The van der Waals surface area contributed by atoms with E-state index in [2.05, 4.69) is 28.4 Å². The van der Waals surface area contributed by atoms with Gasteiger partial charge >= 0.3 is 0 Å². The number of hydrogen-bond donors (Lipinski definition) is 1. The first kappa shape index (κ1) is 13.6. The molecule has 1 saturated heterocycles. The second-order valence-corrected chi connectivity index (χ2v) is 6.75. The van der Waals surface area contributed by atoms with Crippen molar-refractivity contribution < 1.29 is 4.74 Å². The molecule has 2 aliphatic heterocycles. The van der Waals surface area contributed by atoms with E-state index in [0.29, 0.717) is 12.1 Å². The van der Waals surface area contributed by atoms with Gasteiger partial charge in [-0.1, -0.05) is 25.0 Å². The molecule has 1 aliphatic carbocycles. The highest BCUT2D eigenvalue weighted by atomic mass is 16.5. The smallest absolute Gasteiger partial charge is 0.0731 e. The fourth-order valence-corrected chi connectivity index (χ4v) is 4.23. The van der Waals surface area contributed by atoms with E-state index < -0.39 is 0 Å². The Hall–Kier alpha value is -1.06. The average molecular weight is 286 g/mol. The molecule has 0 amide bonds. The third-order valence-electron chi connectivity index (χ3n) is 5.34. The molecule has 0 spiro atoms. The van der Waals surface area contributed by atoms with E-state index in [0.717, 1.165) is 26.2 Å². The largest absolute Gasteiger partial charge is 0.385 e. The van der Waals surface area contributed by atoms with Crippen LogP contribution in [0.5, 0.6) is 0 Å². The van der Waals surface area contributed by atoms with Gasteiger partial charge in [-0.3, -0.25) is 4.90 Å². The fraction of sp³-hybridized carbons (Fsp3) is 0.667. The van der Waals surface area contributed by atoms with Crippen LogP contribution < -0.4 is 5.32 Å². The first-order chi connectivity index (χ1) is 10.4. The second kappa shape index (κ2) is 5.98. The van der Waals surface area contributed by atoms with E-state index in [9.17, 15) is 0 Å². The molecule has 1 aromatic rings. The normalized spacial score (nSPS) is 29.3. The lowest BCUT2D eigenvalue weighted by Crippen LogP contribution is -2.52. The van der Waals surface area contributed by atoms with Crippen LogP contribution in [0.4, 0.5) is 5.69 Å². The maximum absolute atomic E-state index is 5.99. The number of nitrogens with zero attached hydrogens (tertiary/aromatic N) is 1. The van der Waals surface area contributed by atoms with Gasteiger partial charge in [-0.25, -0.2) is 0 Å². The summed E-state index contributed by atoms with van der Waals surface area (Å²) in [6, 6.07) is 7.67. The van der Waals surface area contributed by atoms with Gasteiger partial charge in [0.05, 0.1) is 12.7 Å². The van der Waals surface area contributed by atoms with E-state index in [1.165, 1.54) is 55.3 Å². The molecule has 1 saturated carbocycles. The molecule has 2 heterocycles. The highest BCUT2D eigenvalue weighted by molar-refractivity contribution is 5.54. The van der Waals surface area contributed by atoms with Gasteiger partial charge in [-0.05, 0) is 42.9 Å². The van der Waals surface area contributed by atoms with Crippen molar-refractivity contribution in [2.75, 3.05) is 25.0 Å². The van der Waals surface area contributed by atoms with E-state index >= 15 is 0 Å². The minimum Gasteiger partial charge on any atom is -0.385 e. The third kappa shape index (κ3) is 2.82. The van der Waals surface area contributed by atoms with Gasteiger partial charge in [0.25, 0.3) is 0 Å². The summed E-state index contributed by atoms with van der Waals surface area (Å²) in [7, 11) is 0. The second-order valence-electron chi connectivity index (χ2n) is 6.75. The number of benzene rings is 1. The van der Waals surface area contributed by atoms with E-state index in [1.807, 2.05) is 0 Å². The lowest BCUT2D eigenvalue weighted by molar-refractivity contribution is -0.0911. The maximum Gasteiger partial charge on any atom is 0.0731 e. The molecule has 2 atom stereocenters. The summed E-state index contributed by atoms with van der Waals surface area (Å²) >= 11 is 0. The topological polar surface area (TPSA) is 24.5 Å². The number of hydrogen-bond acceptors (Lipinski definition) is 3. The summed E-state index contributed by atoms with van der Waals surface area (Å²) in [4.78, 5) is 2.67. The predicted octanol–water partition coefficient (Wildman–Crippen LogP) is 3.19. The summed E-state index contributed by atoms with van der Waals surface area (Å²) in [6.45, 7) is 4.22. The summed E-state index contributed by atoms with van der Waals surface area (Å²) in [6.07, 6.45) is 8.28. The molecule has 3 aliphatic rings. The Morgan fingerprint density at radius 2 is 2.14 bits per heavy atom. The molecule has 0 bridgehead atoms. The molecule has 4 rings (SSSR count). The Balaban J connectivity index is 1.49. The zero-order valence-corrected chi connectivity index (χ0v) is 12.8. The number of morpholine rings is 1. The van der Waals surface area contributed by atoms with Crippen LogP contribution in [0.1, 0.15) is 43.2 Å². The van der Waals surface area contributed by atoms with E-state index in [4.69, 9.17) is 4.74 Å². The number of fused-ring (bicyclic) bond motifs is 2. The molecule has 3 nitrogen and oxygen atoms in total. The monoisotopic (exact) mass is 286 g/mol. The summed E-state index contributed by atoms with van der Waals surface area (Å²) < 4.78 is 5.99. The summed E-state index contributed by atoms with van der Waals surface area (Å²) in [5.41, 5.74) is 4.33. The van der Waals surface area contributed by atoms with Crippen molar-refractivity contribution in [3.63, 3.8) is 0 Å². The minimum atomic E-state index is 0.492. The molecule has 1 N–H and O–H groups in total. The Morgan fingerprint density at radius 3 is 3.14 bits per heavy atom. The van der Waals surface area contributed by atoms with Crippen molar-refractivity contribution >= 4 is 5.69 Å². The quantitative estimate of drug-likeness (QED) is 0.903. The van der Waals surface area contributed by atoms with Crippen LogP contribution in [0, 0.1) is 0 Å². The zero-order valence-electron chi connectivity index (χ0n) is 12.8. The van der Waals surface area contributed by atoms with Gasteiger partial charge < -0.3 is 10.1 Å². The summed E-state index contributed by atoms with van der Waals surface area (Å²) in [5, 5.41) is 3.51. The van der Waals surface area contributed by atoms with Crippen LogP contribution in [0.15, 0.2) is 18.2 Å². The minimum absolute atomic E-state index is 0.492. The lowest BCUT2D eigenvalue weighted by Gasteiger charge is -2.44. The van der Waals surface area contributed by atoms with Gasteiger partial charge in [0.15, 0.2) is 0 Å². The standard InChI is InChI=1S/C18H26N2O/c1-2-6-18-17(5-1)20(10-11-21-18)13-14-7-8-16-15(12-14)4-3-9-19-16/h7-8,12,17-19H,1-6,9-11,13H2. The molecular weight excluding hydrogens is 260 g/mol. The van der Waals surface area contributed by atoms with Crippen LogP contribution in [0.25, 0.3) is 0 Å². The molecule has 0 radical (unpaired) electrons. The van der Waals surface area contributed by atoms with Crippen LogP contribution in [0.3, 0.4) is 0 Å². The molecule has 2 fully saturated rings. The third-order valence-corrected chi connectivity index (χ3v) is 5.34. The number of aryl methyl sites for hydroxylation is 1. The highest BCUT2D eigenvalue weighted by Crippen LogP contribution is 2.30. The molecule has 2 unspecified atom stereocenters. The zero-order chi connectivity index (χ0) is 14.1.